The van der Waals surface area contributed by atoms with Crippen LogP contribution in [0.5, 0.6) is 11.8 Å². The topological polar surface area (TPSA) is 60.9 Å². The van der Waals surface area contributed by atoms with Crippen LogP contribution in [0.25, 0.3) is 0 Å². The lowest BCUT2D eigenvalue weighted by atomic mass is 10.2. The van der Waals surface area contributed by atoms with Crippen molar-refractivity contribution in [2.45, 2.75) is 52.7 Å². The Kier molecular flexibility index (Phi) is 5.69. The quantitative estimate of drug-likeness (QED) is 0.795. The van der Waals surface area contributed by atoms with Gasteiger partial charge < -0.3 is 19.1 Å². The standard InChI is InChI=1S/C17H26N2O4/c1-5-6-10-21-14-8-7-13-12-19(9-11-22-15(13)18-14)16(20)23-17(2,3)4/h7-8H,5-6,9-12H2,1-4H3. The van der Waals surface area contributed by atoms with E-state index in [0.717, 1.165) is 18.4 Å². The molecular weight excluding hydrogens is 296 g/mol. The Balaban J connectivity index is 2.04. The van der Waals surface area contributed by atoms with E-state index >= 15 is 0 Å². The molecule has 1 aromatic heterocycles. The second-order valence-corrected chi connectivity index (χ2v) is 6.57. The molecule has 2 rings (SSSR count). The number of carbonyl (C=O) groups is 1. The molecule has 0 aromatic carbocycles. The predicted octanol–water partition coefficient (Wildman–Crippen LogP) is 3.39. The van der Waals surface area contributed by atoms with Gasteiger partial charge in [0.25, 0.3) is 0 Å². The van der Waals surface area contributed by atoms with Crippen LogP contribution in [0.1, 0.15) is 46.1 Å². The third-order valence-electron chi connectivity index (χ3n) is 3.27. The Labute approximate surface area is 137 Å². The second kappa shape index (κ2) is 7.53. The van der Waals surface area contributed by atoms with Crippen LogP contribution >= 0.6 is 0 Å². The van der Waals surface area contributed by atoms with Crippen LogP contribution in [0.2, 0.25) is 0 Å². The van der Waals surface area contributed by atoms with E-state index in [1.54, 1.807) is 4.90 Å². The maximum absolute atomic E-state index is 12.2. The van der Waals surface area contributed by atoms with Gasteiger partial charge in [-0.1, -0.05) is 13.3 Å². The third kappa shape index (κ3) is 5.30. The molecule has 2 heterocycles. The first-order chi connectivity index (χ1) is 10.9. The zero-order valence-corrected chi connectivity index (χ0v) is 14.4. The highest BCUT2D eigenvalue weighted by molar-refractivity contribution is 5.68. The van der Waals surface area contributed by atoms with Gasteiger partial charge in [0, 0.05) is 11.6 Å². The molecule has 128 valence electrons. The van der Waals surface area contributed by atoms with Crippen molar-refractivity contribution in [2.24, 2.45) is 0 Å². The highest BCUT2D eigenvalue weighted by Gasteiger charge is 2.25. The Morgan fingerprint density at radius 3 is 2.87 bits per heavy atom. The molecule has 1 aromatic rings. The van der Waals surface area contributed by atoms with Gasteiger partial charge in [-0.15, -0.1) is 0 Å². The molecule has 1 amide bonds. The molecule has 1 aliphatic heterocycles. The summed E-state index contributed by atoms with van der Waals surface area (Å²) in [5.41, 5.74) is 0.346. The van der Waals surface area contributed by atoms with Gasteiger partial charge in [-0.05, 0) is 33.3 Å². The lowest BCUT2D eigenvalue weighted by molar-refractivity contribution is 0.0225. The summed E-state index contributed by atoms with van der Waals surface area (Å²) in [6.07, 6.45) is 1.73. The van der Waals surface area contributed by atoms with Crippen molar-refractivity contribution in [1.82, 2.24) is 9.88 Å². The number of nitrogens with zero attached hydrogens (tertiary/aromatic N) is 2. The van der Waals surface area contributed by atoms with Crippen molar-refractivity contribution in [3.63, 3.8) is 0 Å². The SMILES string of the molecule is CCCCOc1ccc2c(n1)OCCN(C(=O)OC(C)(C)C)C2. The third-order valence-corrected chi connectivity index (χ3v) is 3.27. The predicted molar refractivity (Wildman–Crippen MR) is 86.8 cm³/mol. The molecule has 6 nitrogen and oxygen atoms in total. The van der Waals surface area contributed by atoms with E-state index in [1.807, 2.05) is 32.9 Å². The highest BCUT2D eigenvalue weighted by atomic mass is 16.6. The summed E-state index contributed by atoms with van der Waals surface area (Å²) in [5, 5.41) is 0. The van der Waals surface area contributed by atoms with E-state index in [1.165, 1.54) is 0 Å². The summed E-state index contributed by atoms with van der Waals surface area (Å²) < 4.78 is 16.7. The average Bonchev–Trinajstić information content (AvgIpc) is 2.67. The summed E-state index contributed by atoms with van der Waals surface area (Å²) in [6, 6.07) is 3.71. The van der Waals surface area contributed by atoms with E-state index in [0.29, 0.717) is 38.1 Å². The molecule has 0 bridgehead atoms. The molecule has 0 fully saturated rings. The minimum absolute atomic E-state index is 0.336. The van der Waals surface area contributed by atoms with Crippen molar-refractivity contribution in [1.29, 1.82) is 0 Å². The number of amides is 1. The Hall–Kier alpha value is -1.98. The summed E-state index contributed by atoms with van der Waals surface area (Å²) in [7, 11) is 0. The largest absolute Gasteiger partial charge is 0.478 e. The van der Waals surface area contributed by atoms with E-state index in [4.69, 9.17) is 14.2 Å². The fraction of sp³-hybridized carbons (Fsp3) is 0.647. The molecule has 0 saturated carbocycles. The molecule has 23 heavy (non-hydrogen) atoms. The lowest BCUT2D eigenvalue weighted by Crippen LogP contribution is -2.37. The average molecular weight is 322 g/mol. The second-order valence-electron chi connectivity index (χ2n) is 6.57. The van der Waals surface area contributed by atoms with Crippen LogP contribution in [0.3, 0.4) is 0 Å². The molecule has 0 spiro atoms. The molecule has 0 saturated heterocycles. The van der Waals surface area contributed by atoms with E-state index in [2.05, 4.69) is 11.9 Å². The van der Waals surface area contributed by atoms with Crippen molar-refractivity contribution in [2.75, 3.05) is 19.8 Å². The maximum Gasteiger partial charge on any atom is 0.410 e. The first-order valence-corrected chi connectivity index (χ1v) is 8.12. The Bertz CT molecular complexity index is 540. The van der Waals surface area contributed by atoms with Crippen LogP contribution in [-0.2, 0) is 11.3 Å². The molecular formula is C17H26N2O4. The van der Waals surface area contributed by atoms with Gasteiger partial charge in [-0.3, -0.25) is 0 Å². The molecule has 0 aliphatic carbocycles. The Morgan fingerprint density at radius 2 is 2.17 bits per heavy atom. The number of ether oxygens (including phenoxy) is 3. The van der Waals surface area contributed by atoms with Crippen LogP contribution in [0, 0.1) is 0 Å². The molecule has 0 N–H and O–H groups in total. The number of carbonyl (C=O) groups excluding carboxylic acids is 1. The van der Waals surface area contributed by atoms with Crippen LogP contribution in [0.15, 0.2) is 12.1 Å². The summed E-state index contributed by atoms with van der Waals surface area (Å²) in [5.74, 6) is 1.09. The molecule has 0 unspecified atom stereocenters. The van der Waals surface area contributed by atoms with Crippen molar-refractivity contribution in [3.8, 4) is 11.8 Å². The zero-order chi connectivity index (χ0) is 16.9. The van der Waals surface area contributed by atoms with Gasteiger partial charge in [0.15, 0.2) is 0 Å². The van der Waals surface area contributed by atoms with Gasteiger partial charge in [0.2, 0.25) is 11.8 Å². The number of pyridine rings is 1. The van der Waals surface area contributed by atoms with Crippen LogP contribution < -0.4 is 9.47 Å². The van der Waals surface area contributed by atoms with Crippen molar-refractivity contribution >= 4 is 6.09 Å². The van der Waals surface area contributed by atoms with Crippen molar-refractivity contribution < 1.29 is 19.0 Å². The van der Waals surface area contributed by atoms with Gasteiger partial charge >= 0.3 is 6.09 Å². The zero-order valence-electron chi connectivity index (χ0n) is 14.4. The normalized spacial score (nSPS) is 14.5. The lowest BCUT2D eigenvalue weighted by Gasteiger charge is -2.25. The number of hydrogen-bond donors (Lipinski definition) is 0. The summed E-state index contributed by atoms with van der Waals surface area (Å²) in [6.45, 7) is 9.61. The fourth-order valence-corrected chi connectivity index (χ4v) is 2.12. The molecule has 1 aliphatic rings. The number of rotatable bonds is 4. The minimum Gasteiger partial charge on any atom is -0.478 e. The number of fused-ring (bicyclic) bond motifs is 1. The number of hydrogen-bond acceptors (Lipinski definition) is 5. The minimum atomic E-state index is -0.512. The van der Waals surface area contributed by atoms with Gasteiger partial charge in [-0.25, -0.2) is 4.79 Å². The van der Waals surface area contributed by atoms with Gasteiger partial charge in [0.05, 0.1) is 19.7 Å². The highest BCUT2D eigenvalue weighted by Crippen LogP contribution is 2.25. The van der Waals surface area contributed by atoms with Crippen LogP contribution in [-0.4, -0.2) is 41.3 Å². The smallest absolute Gasteiger partial charge is 0.410 e. The maximum atomic E-state index is 12.2. The van der Waals surface area contributed by atoms with Crippen LogP contribution in [0.4, 0.5) is 4.79 Å². The van der Waals surface area contributed by atoms with Gasteiger partial charge in [0.1, 0.15) is 12.2 Å². The van der Waals surface area contributed by atoms with E-state index in [9.17, 15) is 4.79 Å². The first-order valence-electron chi connectivity index (χ1n) is 8.12. The van der Waals surface area contributed by atoms with E-state index < -0.39 is 5.60 Å². The van der Waals surface area contributed by atoms with Gasteiger partial charge in [-0.2, -0.15) is 4.98 Å². The molecule has 6 heteroatoms. The number of unbranched alkanes of at least 4 members (excludes halogenated alkanes) is 1. The molecule has 0 radical (unpaired) electrons. The molecule has 0 atom stereocenters. The summed E-state index contributed by atoms with van der Waals surface area (Å²) >= 11 is 0. The summed E-state index contributed by atoms with van der Waals surface area (Å²) in [4.78, 5) is 18.2. The monoisotopic (exact) mass is 322 g/mol. The van der Waals surface area contributed by atoms with E-state index in [-0.39, 0.29) is 6.09 Å². The van der Waals surface area contributed by atoms with Crippen molar-refractivity contribution in [3.05, 3.63) is 17.7 Å². The Morgan fingerprint density at radius 1 is 1.39 bits per heavy atom. The number of aromatic nitrogens is 1. The fourth-order valence-electron chi connectivity index (χ4n) is 2.12. The first kappa shape index (κ1) is 17.4.